The maximum absolute atomic E-state index is 13.5. The van der Waals surface area contributed by atoms with Crippen LogP contribution in [-0.4, -0.2) is 33.0 Å². The molecule has 9 heteroatoms. The van der Waals surface area contributed by atoms with Crippen LogP contribution in [0.3, 0.4) is 0 Å². The third-order valence-corrected chi connectivity index (χ3v) is 7.04. The fourth-order valence-electron chi connectivity index (χ4n) is 3.79. The number of benzene rings is 2. The molecular weight excluding hydrogens is 508 g/mol. The summed E-state index contributed by atoms with van der Waals surface area (Å²) in [5.74, 6) is -1.20. The van der Waals surface area contributed by atoms with Crippen molar-refractivity contribution >= 4 is 40.5 Å². The summed E-state index contributed by atoms with van der Waals surface area (Å²) >= 11 is 7.53. The number of nitrogens with zero attached hydrogens (tertiary/aromatic N) is 2. The highest BCUT2D eigenvalue weighted by molar-refractivity contribution is 7.07. The van der Waals surface area contributed by atoms with Gasteiger partial charge in [-0.25, -0.2) is 4.98 Å². The van der Waals surface area contributed by atoms with E-state index in [1.807, 2.05) is 41.8 Å². The number of amides is 1. The highest BCUT2D eigenvalue weighted by Gasteiger charge is 2.30. The van der Waals surface area contributed by atoms with Crippen molar-refractivity contribution in [2.75, 3.05) is 5.32 Å². The lowest BCUT2D eigenvalue weighted by atomic mass is 9.83. The van der Waals surface area contributed by atoms with Crippen LogP contribution in [-0.2, 0) is 28.0 Å². The maximum Gasteiger partial charge on any atom is 0.313 e. The molecule has 3 N–H and O–H groups in total. The molecule has 1 amide bonds. The van der Waals surface area contributed by atoms with Crippen LogP contribution >= 0.6 is 22.9 Å². The van der Waals surface area contributed by atoms with E-state index >= 15 is 0 Å². The molecule has 0 saturated heterocycles. The van der Waals surface area contributed by atoms with Crippen LogP contribution in [0.1, 0.15) is 30.7 Å². The third kappa shape index (κ3) is 6.80. The summed E-state index contributed by atoms with van der Waals surface area (Å²) in [6, 6.07) is 15.9. The smallest absolute Gasteiger partial charge is 0.313 e. The van der Waals surface area contributed by atoms with Crippen molar-refractivity contribution in [3.05, 3.63) is 99.7 Å². The zero-order valence-corrected chi connectivity index (χ0v) is 22.0. The van der Waals surface area contributed by atoms with Crippen molar-refractivity contribution in [1.29, 1.82) is 0 Å². The largest absolute Gasteiger partial charge is 0.481 e. The van der Waals surface area contributed by atoms with Gasteiger partial charge in [0.15, 0.2) is 0 Å². The van der Waals surface area contributed by atoms with Gasteiger partial charge >= 0.3 is 5.97 Å². The third-order valence-electron chi connectivity index (χ3n) is 6.15. The Kier molecular flexibility index (Phi) is 8.33. The second-order valence-electron chi connectivity index (χ2n) is 9.20. The maximum atomic E-state index is 13.5. The van der Waals surface area contributed by atoms with E-state index in [0.717, 1.165) is 22.4 Å². The second kappa shape index (κ2) is 11.6. The summed E-state index contributed by atoms with van der Waals surface area (Å²) in [6.45, 7) is 3.72. The number of halogens is 1. The molecule has 0 bridgehead atoms. The minimum Gasteiger partial charge on any atom is -0.481 e. The molecule has 0 spiro atoms. The topological polar surface area (TPSA) is 104 Å². The molecule has 7 nitrogen and oxygen atoms in total. The van der Waals surface area contributed by atoms with Crippen molar-refractivity contribution in [3.8, 4) is 11.1 Å². The summed E-state index contributed by atoms with van der Waals surface area (Å²) < 4.78 is 0. The number of nitrogens with one attached hydrogen (secondary N) is 2. The fourth-order valence-corrected chi connectivity index (χ4v) is 4.48. The van der Waals surface area contributed by atoms with Crippen LogP contribution in [0, 0.1) is 0 Å². The lowest BCUT2D eigenvalue weighted by molar-refractivity contribution is -0.142. The molecule has 2 aromatic carbocycles. The summed E-state index contributed by atoms with van der Waals surface area (Å²) in [6.07, 6.45) is 3.78. The van der Waals surface area contributed by atoms with Crippen LogP contribution in [0.5, 0.6) is 0 Å². The van der Waals surface area contributed by atoms with Gasteiger partial charge < -0.3 is 10.4 Å². The van der Waals surface area contributed by atoms with Crippen LogP contribution in [0.4, 0.5) is 5.69 Å². The zero-order valence-electron chi connectivity index (χ0n) is 20.4. The minimum atomic E-state index is -1.16. The molecular formula is C28H27ClN4O3S. The Morgan fingerprint density at radius 2 is 1.78 bits per heavy atom. The number of aromatic nitrogens is 2. The van der Waals surface area contributed by atoms with E-state index in [0.29, 0.717) is 29.2 Å². The summed E-state index contributed by atoms with van der Waals surface area (Å²) in [7, 11) is 0. The van der Waals surface area contributed by atoms with E-state index in [2.05, 4.69) is 20.6 Å². The average molecular weight is 535 g/mol. The SMILES string of the molecule is CC(C)(C(=O)O)c1cc(NC(=O)C(Cc2ccc(Cl)cc2)NCc2cscn2)cc(-c2ccncc2)c1. The first-order chi connectivity index (χ1) is 17.7. The average Bonchev–Trinajstić information content (AvgIpc) is 3.41. The van der Waals surface area contributed by atoms with E-state index in [4.69, 9.17) is 11.6 Å². The highest BCUT2D eigenvalue weighted by atomic mass is 35.5. The molecule has 2 heterocycles. The fraction of sp³-hybridized carbons (Fsp3) is 0.214. The first-order valence-electron chi connectivity index (χ1n) is 11.7. The summed E-state index contributed by atoms with van der Waals surface area (Å²) in [4.78, 5) is 33.9. The minimum absolute atomic E-state index is 0.240. The number of hydrogen-bond acceptors (Lipinski definition) is 6. The molecule has 0 aliphatic carbocycles. The number of carbonyl (C=O) groups is 2. The van der Waals surface area contributed by atoms with Crippen LogP contribution in [0.2, 0.25) is 5.02 Å². The Hall–Kier alpha value is -3.59. The lowest BCUT2D eigenvalue weighted by Crippen LogP contribution is -2.42. The summed E-state index contributed by atoms with van der Waals surface area (Å²) in [5, 5.41) is 18.7. The Labute approximate surface area is 224 Å². The predicted octanol–water partition coefficient (Wildman–Crippen LogP) is 5.56. The van der Waals surface area contributed by atoms with Gasteiger partial charge in [0.1, 0.15) is 0 Å². The van der Waals surface area contributed by atoms with E-state index in [-0.39, 0.29) is 5.91 Å². The van der Waals surface area contributed by atoms with Gasteiger partial charge in [0, 0.05) is 35.0 Å². The zero-order chi connectivity index (χ0) is 26.4. The Bertz CT molecular complexity index is 1360. The Morgan fingerprint density at radius 3 is 2.43 bits per heavy atom. The van der Waals surface area contributed by atoms with Gasteiger partial charge in [0.25, 0.3) is 0 Å². The molecule has 0 radical (unpaired) electrons. The normalized spacial score (nSPS) is 12.2. The van der Waals surface area contributed by atoms with Crippen molar-refractivity contribution in [2.45, 2.75) is 38.3 Å². The number of carboxylic acids is 1. The van der Waals surface area contributed by atoms with Crippen molar-refractivity contribution in [3.63, 3.8) is 0 Å². The van der Waals surface area contributed by atoms with E-state index < -0.39 is 17.4 Å². The monoisotopic (exact) mass is 534 g/mol. The predicted molar refractivity (Wildman–Crippen MR) is 147 cm³/mol. The molecule has 37 heavy (non-hydrogen) atoms. The van der Waals surface area contributed by atoms with Gasteiger partial charge in [0.2, 0.25) is 5.91 Å². The number of carboxylic acid groups (broad SMARTS) is 1. The number of aliphatic carboxylic acids is 1. The number of rotatable bonds is 10. The van der Waals surface area contributed by atoms with Gasteiger partial charge in [-0.15, -0.1) is 11.3 Å². The molecule has 4 aromatic rings. The Balaban J connectivity index is 1.64. The van der Waals surface area contributed by atoms with E-state index in [1.54, 1.807) is 50.0 Å². The van der Waals surface area contributed by atoms with E-state index in [1.165, 1.54) is 11.3 Å². The summed E-state index contributed by atoms with van der Waals surface area (Å²) in [5.41, 5.74) is 5.14. The Morgan fingerprint density at radius 1 is 1.05 bits per heavy atom. The lowest BCUT2D eigenvalue weighted by Gasteiger charge is -2.23. The second-order valence-corrected chi connectivity index (χ2v) is 10.4. The number of anilines is 1. The highest BCUT2D eigenvalue weighted by Crippen LogP contribution is 2.32. The quantitative estimate of drug-likeness (QED) is 0.246. The number of carbonyl (C=O) groups excluding carboxylic acids is 1. The number of thiazole rings is 1. The van der Waals surface area contributed by atoms with Crippen molar-refractivity contribution in [2.24, 2.45) is 0 Å². The van der Waals surface area contributed by atoms with Crippen molar-refractivity contribution < 1.29 is 14.7 Å². The van der Waals surface area contributed by atoms with Gasteiger partial charge in [-0.05, 0) is 85.0 Å². The first-order valence-corrected chi connectivity index (χ1v) is 13.0. The van der Waals surface area contributed by atoms with Gasteiger partial charge in [0.05, 0.1) is 22.7 Å². The number of hydrogen-bond donors (Lipinski definition) is 3. The molecule has 0 aliphatic heterocycles. The standard InChI is InChI=1S/C28H27ClN4O3S/c1-28(2,27(35)36)21-12-20(19-7-9-30-10-8-19)13-23(14-21)33-26(34)25(31-15-24-16-37-17-32-24)11-18-3-5-22(29)6-4-18/h3-10,12-14,16-17,25,31H,11,15H2,1-2H3,(H,33,34)(H,35,36). The molecule has 1 atom stereocenters. The van der Waals surface area contributed by atoms with Crippen molar-refractivity contribution in [1.82, 2.24) is 15.3 Å². The molecule has 190 valence electrons. The first kappa shape index (κ1) is 26.5. The number of pyridine rings is 1. The molecule has 1 unspecified atom stereocenters. The van der Waals surface area contributed by atoms with Gasteiger partial charge in [-0.2, -0.15) is 0 Å². The van der Waals surface area contributed by atoms with Gasteiger partial charge in [-0.3, -0.25) is 19.9 Å². The molecule has 4 rings (SSSR count). The van der Waals surface area contributed by atoms with Crippen LogP contribution in [0.25, 0.3) is 11.1 Å². The van der Waals surface area contributed by atoms with Gasteiger partial charge in [-0.1, -0.05) is 23.7 Å². The molecule has 2 aromatic heterocycles. The molecule has 0 saturated carbocycles. The van der Waals surface area contributed by atoms with Crippen LogP contribution < -0.4 is 10.6 Å². The van der Waals surface area contributed by atoms with Crippen LogP contribution in [0.15, 0.2) is 77.9 Å². The van der Waals surface area contributed by atoms with E-state index in [9.17, 15) is 14.7 Å². The molecule has 0 fully saturated rings. The molecule has 0 aliphatic rings.